The second-order valence-electron chi connectivity index (χ2n) is 3.35. The minimum absolute atomic E-state index is 0.114. The zero-order chi connectivity index (χ0) is 9.97. The molecule has 0 N–H and O–H groups in total. The predicted molar refractivity (Wildman–Crippen MR) is 51.9 cm³/mol. The number of benzene rings is 1. The Morgan fingerprint density at radius 2 is 2.00 bits per heavy atom. The topological polar surface area (TPSA) is 29.4 Å². The van der Waals surface area contributed by atoms with Crippen molar-refractivity contribution in [2.45, 2.75) is 18.9 Å². The lowest BCUT2D eigenvalue weighted by atomic mass is 9.99. The number of rotatable bonds is 1. The van der Waals surface area contributed by atoms with Crippen LogP contribution in [0.3, 0.4) is 0 Å². The van der Waals surface area contributed by atoms with E-state index >= 15 is 0 Å². The van der Waals surface area contributed by atoms with E-state index in [-0.39, 0.29) is 17.6 Å². The van der Waals surface area contributed by atoms with Crippen molar-refractivity contribution in [3.63, 3.8) is 0 Å². The van der Waals surface area contributed by atoms with E-state index in [0.29, 0.717) is 12.8 Å². The Morgan fingerprint density at radius 1 is 1.29 bits per heavy atom. The zero-order valence-electron chi connectivity index (χ0n) is 7.61. The lowest BCUT2D eigenvalue weighted by Gasteiger charge is -2.14. The molecular weight excluding hydrogens is 181 g/mol. The first-order valence-corrected chi connectivity index (χ1v) is 4.54. The van der Waals surface area contributed by atoms with E-state index in [1.807, 2.05) is 0 Å². The number of ketones is 1. The van der Waals surface area contributed by atoms with Gasteiger partial charge in [-0.25, -0.2) is 4.39 Å². The summed E-state index contributed by atoms with van der Waals surface area (Å²) in [6.07, 6.45) is 2.50. The minimum Gasteiger partial charge on any atom is -0.299 e. The van der Waals surface area contributed by atoms with Crippen LogP contribution in [0.5, 0.6) is 0 Å². The smallest absolute Gasteiger partial charge is 0.140 e. The second kappa shape index (κ2) is 3.70. The molecule has 1 aliphatic rings. The first-order chi connectivity index (χ1) is 6.75. The van der Waals surface area contributed by atoms with Gasteiger partial charge >= 0.3 is 0 Å². The molecule has 0 aliphatic carbocycles. The summed E-state index contributed by atoms with van der Waals surface area (Å²) >= 11 is 0. The van der Waals surface area contributed by atoms with Crippen molar-refractivity contribution in [2.24, 2.45) is 4.99 Å². The molecule has 72 valence electrons. The fraction of sp³-hybridized carbons (Fsp3) is 0.273. The van der Waals surface area contributed by atoms with E-state index < -0.39 is 0 Å². The van der Waals surface area contributed by atoms with Crippen LogP contribution in [0.1, 0.15) is 24.4 Å². The van der Waals surface area contributed by atoms with Gasteiger partial charge in [-0.15, -0.1) is 0 Å². The molecule has 0 aromatic heterocycles. The van der Waals surface area contributed by atoms with Crippen LogP contribution in [0.15, 0.2) is 29.3 Å². The molecular formula is C11H10FNO. The monoisotopic (exact) mass is 191 g/mol. The lowest BCUT2D eigenvalue weighted by molar-refractivity contribution is -0.118. The van der Waals surface area contributed by atoms with Gasteiger partial charge in [0.1, 0.15) is 11.6 Å². The summed E-state index contributed by atoms with van der Waals surface area (Å²) in [5.41, 5.74) is 0.899. The summed E-state index contributed by atoms with van der Waals surface area (Å²) in [5.74, 6) is -0.0748. The SMILES string of the molecule is O=C1CC=NC(c2ccc(F)cc2)C1. The van der Waals surface area contributed by atoms with Gasteiger partial charge in [-0.05, 0) is 17.7 Å². The summed E-state index contributed by atoms with van der Waals surface area (Å²) in [6.45, 7) is 0. The summed E-state index contributed by atoms with van der Waals surface area (Å²) in [6, 6.07) is 6.02. The van der Waals surface area contributed by atoms with Crippen molar-refractivity contribution in [1.82, 2.24) is 0 Å². The third-order valence-electron chi connectivity index (χ3n) is 2.28. The molecule has 1 heterocycles. The highest BCUT2D eigenvalue weighted by atomic mass is 19.1. The number of Topliss-reactive ketones (excluding diaryl/α,β-unsaturated/α-hetero) is 1. The molecule has 1 aromatic rings. The Labute approximate surface area is 81.5 Å². The van der Waals surface area contributed by atoms with Gasteiger partial charge < -0.3 is 0 Å². The molecule has 3 heteroatoms. The van der Waals surface area contributed by atoms with Crippen LogP contribution in [-0.4, -0.2) is 12.0 Å². The van der Waals surface area contributed by atoms with Crippen LogP contribution in [-0.2, 0) is 4.79 Å². The quantitative estimate of drug-likeness (QED) is 0.669. The van der Waals surface area contributed by atoms with E-state index in [9.17, 15) is 9.18 Å². The average Bonchev–Trinajstić information content (AvgIpc) is 2.19. The van der Waals surface area contributed by atoms with Crippen molar-refractivity contribution in [3.8, 4) is 0 Å². The third-order valence-corrected chi connectivity index (χ3v) is 2.28. The first kappa shape index (κ1) is 9.06. The van der Waals surface area contributed by atoms with Crippen molar-refractivity contribution < 1.29 is 9.18 Å². The summed E-state index contributed by atoms with van der Waals surface area (Å²) < 4.78 is 12.6. The standard InChI is InChI=1S/C11H10FNO/c12-9-3-1-8(2-4-9)11-7-10(14)5-6-13-11/h1-4,6,11H,5,7H2. The van der Waals surface area contributed by atoms with E-state index in [1.165, 1.54) is 12.1 Å². The van der Waals surface area contributed by atoms with Gasteiger partial charge in [0.25, 0.3) is 0 Å². The fourth-order valence-corrected chi connectivity index (χ4v) is 1.52. The number of hydrogen-bond acceptors (Lipinski definition) is 2. The highest BCUT2D eigenvalue weighted by Crippen LogP contribution is 2.24. The molecule has 0 radical (unpaired) electrons. The number of carbonyl (C=O) groups excluding carboxylic acids is 1. The van der Waals surface area contributed by atoms with Gasteiger partial charge in [-0.3, -0.25) is 9.79 Å². The molecule has 0 fully saturated rings. The molecule has 2 rings (SSSR count). The van der Waals surface area contributed by atoms with Crippen molar-refractivity contribution >= 4 is 12.0 Å². The number of nitrogens with zero attached hydrogens (tertiary/aromatic N) is 1. The normalized spacial score (nSPS) is 21.2. The minimum atomic E-state index is -0.264. The largest absolute Gasteiger partial charge is 0.299 e. The van der Waals surface area contributed by atoms with Gasteiger partial charge in [0.2, 0.25) is 0 Å². The lowest BCUT2D eigenvalue weighted by Crippen LogP contribution is -2.11. The molecule has 1 aromatic carbocycles. The Bertz CT molecular complexity index is 369. The first-order valence-electron chi connectivity index (χ1n) is 4.54. The summed E-state index contributed by atoms with van der Waals surface area (Å²) in [7, 11) is 0. The molecule has 2 nitrogen and oxygen atoms in total. The van der Waals surface area contributed by atoms with Gasteiger partial charge in [-0.1, -0.05) is 12.1 Å². The van der Waals surface area contributed by atoms with E-state index in [4.69, 9.17) is 0 Å². The maximum atomic E-state index is 12.6. The van der Waals surface area contributed by atoms with Crippen molar-refractivity contribution in [1.29, 1.82) is 0 Å². The maximum Gasteiger partial charge on any atom is 0.140 e. The molecule has 0 saturated heterocycles. The van der Waals surface area contributed by atoms with Gasteiger partial charge in [0, 0.05) is 19.1 Å². The number of carbonyl (C=O) groups is 1. The predicted octanol–water partition coefficient (Wildman–Crippen LogP) is 2.30. The molecule has 0 amide bonds. The van der Waals surface area contributed by atoms with Gasteiger partial charge in [0.05, 0.1) is 6.04 Å². The zero-order valence-corrected chi connectivity index (χ0v) is 7.61. The Kier molecular flexibility index (Phi) is 2.39. The van der Waals surface area contributed by atoms with E-state index in [2.05, 4.69) is 4.99 Å². The molecule has 0 bridgehead atoms. The fourth-order valence-electron chi connectivity index (χ4n) is 1.52. The maximum absolute atomic E-state index is 12.6. The molecule has 1 atom stereocenters. The third kappa shape index (κ3) is 1.87. The average molecular weight is 191 g/mol. The number of aliphatic imine (C=N–C) groups is 1. The Morgan fingerprint density at radius 3 is 2.64 bits per heavy atom. The molecule has 0 saturated carbocycles. The molecule has 0 spiro atoms. The van der Waals surface area contributed by atoms with Gasteiger partial charge in [0.15, 0.2) is 0 Å². The Balaban J connectivity index is 2.22. The van der Waals surface area contributed by atoms with Gasteiger partial charge in [-0.2, -0.15) is 0 Å². The highest BCUT2D eigenvalue weighted by molar-refractivity contribution is 5.93. The molecule has 1 aliphatic heterocycles. The highest BCUT2D eigenvalue weighted by Gasteiger charge is 2.17. The van der Waals surface area contributed by atoms with Crippen molar-refractivity contribution in [3.05, 3.63) is 35.6 Å². The summed E-state index contributed by atoms with van der Waals surface area (Å²) in [5, 5.41) is 0. The number of halogens is 1. The van der Waals surface area contributed by atoms with Crippen LogP contribution < -0.4 is 0 Å². The van der Waals surface area contributed by atoms with Crippen LogP contribution >= 0.6 is 0 Å². The van der Waals surface area contributed by atoms with Crippen LogP contribution in [0.4, 0.5) is 4.39 Å². The molecule has 14 heavy (non-hydrogen) atoms. The Hall–Kier alpha value is -1.51. The van der Waals surface area contributed by atoms with E-state index in [0.717, 1.165) is 5.56 Å². The number of hydrogen-bond donors (Lipinski definition) is 0. The van der Waals surface area contributed by atoms with E-state index in [1.54, 1.807) is 18.3 Å². The second-order valence-corrected chi connectivity index (χ2v) is 3.35. The van der Waals surface area contributed by atoms with Crippen LogP contribution in [0.2, 0.25) is 0 Å². The van der Waals surface area contributed by atoms with Crippen LogP contribution in [0.25, 0.3) is 0 Å². The summed E-state index contributed by atoms with van der Waals surface area (Å²) in [4.78, 5) is 15.4. The molecule has 1 unspecified atom stereocenters. The van der Waals surface area contributed by atoms with Crippen LogP contribution in [0, 0.1) is 5.82 Å². The van der Waals surface area contributed by atoms with Crippen molar-refractivity contribution in [2.75, 3.05) is 0 Å².